The monoisotopic (exact) mass is 211 g/mol. The molecule has 0 aromatic carbocycles. The lowest BCUT2D eigenvalue weighted by Gasteiger charge is -2.08. The van der Waals surface area contributed by atoms with Crippen molar-refractivity contribution in [2.24, 2.45) is 5.73 Å². The molecule has 86 valence electrons. The summed E-state index contributed by atoms with van der Waals surface area (Å²) in [5.74, 6) is 1.88. The first kappa shape index (κ1) is 12.2. The Morgan fingerprint density at radius 2 is 2.13 bits per heavy atom. The molecule has 1 aromatic rings. The lowest BCUT2D eigenvalue weighted by Crippen LogP contribution is -2.02. The van der Waals surface area contributed by atoms with E-state index in [4.69, 9.17) is 10.2 Å². The van der Waals surface area contributed by atoms with Crippen LogP contribution in [-0.2, 0) is 6.42 Å². The van der Waals surface area contributed by atoms with Crippen LogP contribution in [0, 0.1) is 0 Å². The second kappa shape index (κ2) is 6.56. The van der Waals surface area contributed by atoms with E-state index in [9.17, 15) is 0 Å². The van der Waals surface area contributed by atoms with Gasteiger partial charge in [-0.25, -0.2) is 0 Å². The molecule has 0 aliphatic carbocycles. The van der Waals surface area contributed by atoms with E-state index in [0.717, 1.165) is 18.7 Å². The molecular formula is C11H21N3O. The van der Waals surface area contributed by atoms with Crippen molar-refractivity contribution in [3.63, 3.8) is 0 Å². The van der Waals surface area contributed by atoms with Crippen molar-refractivity contribution < 1.29 is 4.42 Å². The Bertz CT molecular complexity index is 273. The normalized spacial score (nSPS) is 13.0. The first-order chi connectivity index (χ1) is 7.31. The number of rotatable bonds is 7. The Hall–Kier alpha value is -0.900. The maximum atomic E-state index is 5.57. The van der Waals surface area contributed by atoms with Crippen LogP contribution >= 0.6 is 0 Å². The molecule has 1 atom stereocenters. The first-order valence-electron chi connectivity index (χ1n) is 5.84. The van der Waals surface area contributed by atoms with Crippen molar-refractivity contribution in [1.29, 1.82) is 0 Å². The van der Waals surface area contributed by atoms with Gasteiger partial charge >= 0.3 is 0 Å². The summed E-state index contributed by atoms with van der Waals surface area (Å²) in [5, 5.41) is 8.07. The fourth-order valence-corrected chi connectivity index (χ4v) is 1.61. The highest BCUT2D eigenvalue weighted by Crippen LogP contribution is 2.24. The van der Waals surface area contributed by atoms with Crippen molar-refractivity contribution in [2.45, 2.75) is 51.9 Å². The molecule has 0 radical (unpaired) electrons. The van der Waals surface area contributed by atoms with Crippen LogP contribution in [0.4, 0.5) is 0 Å². The van der Waals surface area contributed by atoms with Crippen LogP contribution in [0.2, 0.25) is 0 Å². The maximum Gasteiger partial charge on any atom is 0.219 e. The van der Waals surface area contributed by atoms with Gasteiger partial charge in [-0.15, -0.1) is 10.2 Å². The number of aromatic nitrogens is 2. The van der Waals surface area contributed by atoms with E-state index in [0.29, 0.717) is 24.8 Å². The lowest BCUT2D eigenvalue weighted by molar-refractivity contribution is 0.393. The zero-order chi connectivity index (χ0) is 11.1. The zero-order valence-corrected chi connectivity index (χ0v) is 9.70. The number of nitrogens with two attached hydrogens (primary N) is 1. The number of hydrogen-bond acceptors (Lipinski definition) is 4. The first-order valence-corrected chi connectivity index (χ1v) is 5.84. The second-order valence-electron chi connectivity index (χ2n) is 3.82. The molecule has 0 fully saturated rings. The minimum atomic E-state index is 0.420. The predicted molar refractivity (Wildman–Crippen MR) is 59.6 cm³/mol. The van der Waals surface area contributed by atoms with E-state index in [1.807, 2.05) is 0 Å². The van der Waals surface area contributed by atoms with E-state index in [2.05, 4.69) is 24.0 Å². The van der Waals surface area contributed by atoms with E-state index >= 15 is 0 Å². The lowest BCUT2D eigenvalue weighted by atomic mass is 10.00. The Morgan fingerprint density at radius 3 is 2.73 bits per heavy atom. The molecule has 0 bridgehead atoms. The summed E-state index contributed by atoms with van der Waals surface area (Å²) in [7, 11) is 0. The largest absolute Gasteiger partial charge is 0.425 e. The summed E-state index contributed by atoms with van der Waals surface area (Å²) in [4.78, 5) is 0. The standard InChI is InChI=1S/C11H21N3O/c1-3-5-6-9(4-2)11-14-13-10(15-11)7-8-12/h9H,3-8,12H2,1-2H3. The topological polar surface area (TPSA) is 64.9 Å². The second-order valence-corrected chi connectivity index (χ2v) is 3.82. The molecule has 0 amide bonds. The van der Waals surface area contributed by atoms with Crippen LogP contribution in [0.15, 0.2) is 4.42 Å². The van der Waals surface area contributed by atoms with E-state index in [1.165, 1.54) is 12.8 Å². The summed E-state index contributed by atoms with van der Waals surface area (Å²) in [6.45, 7) is 4.92. The van der Waals surface area contributed by atoms with Gasteiger partial charge in [-0.1, -0.05) is 26.7 Å². The molecule has 1 rings (SSSR count). The van der Waals surface area contributed by atoms with E-state index in [-0.39, 0.29) is 0 Å². The van der Waals surface area contributed by atoms with Crippen LogP contribution in [0.5, 0.6) is 0 Å². The number of unbranched alkanes of at least 4 members (excludes halogenated alkanes) is 1. The highest BCUT2D eigenvalue weighted by Gasteiger charge is 2.15. The molecule has 0 aliphatic heterocycles. The van der Waals surface area contributed by atoms with Gasteiger partial charge in [-0.2, -0.15) is 0 Å². The van der Waals surface area contributed by atoms with Gasteiger partial charge in [0.2, 0.25) is 11.8 Å². The van der Waals surface area contributed by atoms with E-state index < -0.39 is 0 Å². The zero-order valence-electron chi connectivity index (χ0n) is 9.70. The molecule has 4 heteroatoms. The predicted octanol–water partition coefficient (Wildman–Crippen LogP) is 2.25. The van der Waals surface area contributed by atoms with Gasteiger partial charge in [0.05, 0.1) is 0 Å². The summed E-state index contributed by atoms with van der Waals surface area (Å²) in [6, 6.07) is 0. The smallest absolute Gasteiger partial charge is 0.219 e. The molecule has 1 unspecified atom stereocenters. The molecule has 15 heavy (non-hydrogen) atoms. The van der Waals surface area contributed by atoms with Crippen molar-refractivity contribution in [2.75, 3.05) is 6.54 Å². The van der Waals surface area contributed by atoms with E-state index in [1.54, 1.807) is 0 Å². The van der Waals surface area contributed by atoms with Gasteiger partial charge in [-0.3, -0.25) is 0 Å². The quantitative estimate of drug-likeness (QED) is 0.751. The van der Waals surface area contributed by atoms with Gasteiger partial charge in [-0.05, 0) is 12.8 Å². The Morgan fingerprint density at radius 1 is 1.33 bits per heavy atom. The third-order valence-electron chi connectivity index (χ3n) is 2.59. The third-order valence-corrected chi connectivity index (χ3v) is 2.59. The van der Waals surface area contributed by atoms with Gasteiger partial charge in [0.15, 0.2) is 0 Å². The molecule has 2 N–H and O–H groups in total. The minimum Gasteiger partial charge on any atom is -0.425 e. The molecule has 0 saturated carbocycles. The summed E-state index contributed by atoms with van der Waals surface area (Å²) in [5.41, 5.74) is 5.43. The fraction of sp³-hybridized carbons (Fsp3) is 0.818. The third kappa shape index (κ3) is 3.63. The van der Waals surface area contributed by atoms with Gasteiger partial charge in [0.25, 0.3) is 0 Å². The van der Waals surface area contributed by atoms with Crippen LogP contribution in [0.25, 0.3) is 0 Å². The van der Waals surface area contributed by atoms with Crippen molar-refractivity contribution in [3.05, 3.63) is 11.8 Å². The van der Waals surface area contributed by atoms with Crippen LogP contribution in [0.3, 0.4) is 0 Å². The molecule has 0 saturated heterocycles. The molecule has 0 spiro atoms. The summed E-state index contributed by atoms with van der Waals surface area (Å²) >= 11 is 0. The highest BCUT2D eigenvalue weighted by atomic mass is 16.4. The van der Waals surface area contributed by atoms with Crippen molar-refractivity contribution in [1.82, 2.24) is 10.2 Å². The number of nitrogens with zero attached hydrogens (tertiary/aromatic N) is 2. The van der Waals surface area contributed by atoms with Crippen molar-refractivity contribution in [3.8, 4) is 0 Å². The average molecular weight is 211 g/mol. The average Bonchev–Trinajstić information content (AvgIpc) is 2.68. The molecule has 1 heterocycles. The molecule has 4 nitrogen and oxygen atoms in total. The molecule has 1 aromatic heterocycles. The summed E-state index contributed by atoms with van der Waals surface area (Å²) < 4.78 is 5.57. The van der Waals surface area contributed by atoms with Crippen LogP contribution in [0.1, 0.15) is 57.2 Å². The fourth-order valence-electron chi connectivity index (χ4n) is 1.61. The SMILES string of the molecule is CCCCC(CC)c1nnc(CCN)o1. The Labute approximate surface area is 91.3 Å². The Kier molecular flexibility index (Phi) is 5.32. The van der Waals surface area contributed by atoms with Gasteiger partial charge in [0.1, 0.15) is 0 Å². The van der Waals surface area contributed by atoms with Crippen LogP contribution < -0.4 is 5.73 Å². The van der Waals surface area contributed by atoms with Gasteiger partial charge < -0.3 is 10.2 Å². The Balaban J connectivity index is 2.57. The van der Waals surface area contributed by atoms with Crippen molar-refractivity contribution >= 4 is 0 Å². The maximum absolute atomic E-state index is 5.57. The van der Waals surface area contributed by atoms with Crippen LogP contribution in [-0.4, -0.2) is 16.7 Å². The molecular weight excluding hydrogens is 190 g/mol. The number of hydrogen-bond donors (Lipinski definition) is 1. The highest BCUT2D eigenvalue weighted by molar-refractivity contribution is 4.91. The summed E-state index contributed by atoms with van der Waals surface area (Å²) in [6.07, 6.45) is 5.30. The van der Waals surface area contributed by atoms with Gasteiger partial charge in [0, 0.05) is 18.9 Å². The molecule has 0 aliphatic rings. The minimum absolute atomic E-state index is 0.420.